The lowest BCUT2D eigenvalue weighted by Gasteiger charge is -2.37. The van der Waals surface area contributed by atoms with Gasteiger partial charge in [-0.05, 0) is 88.4 Å². The number of phenols is 1. The second kappa shape index (κ2) is 49.0. The number of phenolic OH excluding ortho intramolecular Hbond substituents is 1. The Bertz CT molecular complexity index is 5070. The monoisotopic (exact) mass is 1800 g/mol. The minimum Gasteiger partial charge on any atom is -0.508 e. The van der Waals surface area contributed by atoms with E-state index in [2.05, 4.69) is 52.8 Å². The number of carboxylic acid groups (broad SMARTS) is 1. The molecule has 2 heterocycles. The molecule has 11 unspecified atom stereocenters. The molecule has 0 saturated carbocycles. The van der Waals surface area contributed by atoms with Gasteiger partial charge in [-0.2, -0.15) is 0 Å². The summed E-state index contributed by atoms with van der Waals surface area (Å²) in [4.78, 5) is 243. The molecule has 0 bridgehead atoms. The van der Waals surface area contributed by atoms with Crippen molar-refractivity contribution >= 4 is 117 Å². The van der Waals surface area contributed by atoms with Crippen LogP contribution in [-0.2, 0) is 115 Å². The van der Waals surface area contributed by atoms with Crippen LogP contribution in [0.4, 0.5) is 4.39 Å². The first kappa shape index (κ1) is 101. The molecule has 15 amide bonds. The number of hydrogen-bond acceptors (Lipinski definition) is 18. The molecule has 6 aromatic carbocycles. The van der Waals surface area contributed by atoms with Crippen molar-refractivity contribution in [3.8, 4) is 5.75 Å². The van der Waals surface area contributed by atoms with Crippen molar-refractivity contribution in [2.45, 2.75) is 172 Å². The minimum absolute atomic E-state index is 0.0269. The quantitative estimate of drug-likeness (QED) is 0.0438. The van der Waals surface area contributed by atoms with Gasteiger partial charge in [-0.15, -0.1) is 11.8 Å². The number of likely N-dealkylation sites (N-methyl/N-ethyl adjacent to an activating group) is 5. The van der Waals surface area contributed by atoms with Crippen molar-refractivity contribution in [2.24, 2.45) is 17.6 Å². The van der Waals surface area contributed by atoms with Gasteiger partial charge >= 0.3 is 5.97 Å². The Hall–Kier alpha value is -13.5. The third kappa shape index (κ3) is 30.6. The molecule has 1 aliphatic heterocycles. The number of primary amides is 1. The van der Waals surface area contributed by atoms with Gasteiger partial charge in [0, 0.05) is 96.6 Å². The number of aromatic amines is 1. The maximum absolute atomic E-state index is 15.5. The average molecular weight is 1800 g/mol. The zero-order valence-electron chi connectivity index (χ0n) is 74.0. The predicted octanol–water partition coefficient (Wildman–Crippen LogP) is 2.76. The van der Waals surface area contributed by atoms with E-state index < -0.39 is 210 Å². The van der Waals surface area contributed by atoms with Gasteiger partial charge in [0.1, 0.15) is 78.0 Å². The number of carbonyl (C=O) groups is 16. The SMILES string of the molecule is CCCCC1C(=O)N(C)CC(=O)NC(CC(=O)O)C(=O)NC(C(C)C)C(=O)N(C)C(Cc2ccccc2)C(=O)NC(Cc2ccc(O)cc2)C(=O)N(C)CC(=O)NC(Cc2c[nH]c3ccccc23)C(=O)NC(Cc2ccc(F)cc2)C(=O)NC(CC(C)C)C(=O)NC(C(=O)NCC(N)=O)CSCC(=O)NC(Cc2ccccc2)C(=O)N(C)C(Cc2ccccc2)C(=O)N1C. The van der Waals surface area contributed by atoms with Crippen molar-refractivity contribution in [3.63, 3.8) is 0 Å². The highest BCUT2D eigenvalue weighted by Crippen LogP contribution is 2.24. The molecule has 1 fully saturated rings. The molecule has 0 radical (unpaired) electrons. The molecule has 1 aromatic heterocycles. The number of unbranched alkanes of at least 4 members (excludes halogenated alkanes) is 1. The topological polar surface area (TPSA) is 480 Å². The van der Waals surface area contributed by atoms with Crippen LogP contribution >= 0.6 is 11.8 Å². The third-order valence-electron chi connectivity index (χ3n) is 22.0. The number of carboxylic acids is 1. The number of carbonyl (C=O) groups excluding carboxylic acids is 15. The average Bonchev–Trinajstić information content (AvgIpc) is 1.50. The molecule has 1 saturated heterocycles. The van der Waals surface area contributed by atoms with Gasteiger partial charge in [-0.25, -0.2) is 4.39 Å². The number of nitrogens with zero attached hydrogens (tertiary/aromatic N) is 5. The number of aliphatic carboxylic acids is 1. The van der Waals surface area contributed by atoms with Gasteiger partial charge in [0.2, 0.25) is 88.6 Å². The normalized spacial score (nSPS) is 21.9. The van der Waals surface area contributed by atoms with Crippen molar-refractivity contribution < 1.29 is 91.3 Å². The third-order valence-corrected chi connectivity index (χ3v) is 23.1. The highest BCUT2D eigenvalue weighted by molar-refractivity contribution is 8.00. The summed E-state index contributed by atoms with van der Waals surface area (Å²) in [5, 5.41) is 45.1. The van der Waals surface area contributed by atoms with Crippen molar-refractivity contribution in [1.82, 2.24) is 77.3 Å². The zero-order valence-corrected chi connectivity index (χ0v) is 74.8. The lowest BCUT2D eigenvalue weighted by Crippen LogP contribution is -2.61. The lowest BCUT2D eigenvalue weighted by molar-refractivity contribution is -0.151. The van der Waals surface area contributed by atoms with Crippen LogP contribution in [0.5, 0.6) is 5.75 Å². The number of H-pyrrole nitrogens is 1. The molecule has 690 valence electrons. The van der Waals surface area contributed by atoms with Crippen molar-refractivity contribution in [3.05, 3.63) is 209 Å². The second-order valence-electron chi connectivity index (χ2n) is 33.0. The number of thioether (sulfide) groups is 1. The van der Waals surface area contributed by atoms with Crippen LogP contribution in [0.1, 0.15) is 100 Å². The Labute approximate surface area is 752 Å². The summed E-state index contributed by atoms with van der Waals surface area (Å²) < 4.78 is 14.7. The molecule has 129 heavy (non-hydrogen) atoms. The van der Waals surface area contributed by atoms with E-state index >= 15 is 33.6 Å². The Kier molecular flexibility index (Phi) is 38.3. The minimum atomic E-state index is -1.91. The Morgan fingerprint density at radius 3 is 1.50 bits per heavy atom. The van der Waals surface area contributed by atoms with E-state index in [4.69, 9.17) is 5.73 Å². The first-order chi connectivity index (χ1) is 61.4. The first-order valence-corrected chi connectivity index (χ1v) is 43.8. The molecule has 7 aromatic rings. The van der Waals surface area contributed by atoms with Crippen LogP contribution in [0, 0.1) is 17.7 Å². The molecule has 14 N–H and O–H groups in total. The van der Waals surface area contributed by atoms with E-state index in [0.717, 1.165) is 43.5 Å². The van der Waals surface area contributed by atoms with Crippen LogP contribution in [-0.4, -0.2) is 267 Å². The Morgan fingerprint density at radius 2 is 0.938 bits per heavy atom. The van der Waals surface area contributed by atoms with Gasteiger partial charge in [-0.1, -0.05) is 181 Å². The summed E-state index contributed by atoms with van der Waals surface area (Å²) in [6.07, 6.45) is -0.0399. The van der Waals surface area contributed by atoms with Crippen LogP contribution in [0.15, 0.2) is 170 Å². The van der Waals surface area contributed by atoms with Gasteiger partial charge in [0.05, 0.1) is 31.8 Å². The number of rotatable bonds is 23. The number of amides is 15. The van der Waals surface area contributed by atoms with E-state index in [1.807, 2.05) is 6.92 Å². The molecular weight excluding hydrogens is 1680 g/mol. The standard InChI is InChI=1S/C93H117FN16O18S/c1-11-12-32-74-91(126)107(7)52-79(114)99-70(48-81(116)117)87(122)105-82(56(4)5)93(128)109(9)75(45-58-26-18-14-19-27-58)88(123)103-71(44-61-35-39-64(111)40-36-61)89(124)106(6)51-78(113)98-69(47-62-49-96-66-31-23-22-30-65(62)66)86(121)102-68(42-60-33-37-63(94)38-34-60)85(120)101-67(41-55(2)3)84(119)104-73(83(118)97-50-77(95)112)53-129-54-80(115)100-72(43-57-24-16-13-17-25-57)90(125)110(10)76(92(127)108(74)8)46-59-28-20-15-21-29-59/h13-31,33-40,49,55-56,67-76,82,96,111H,11-12,32,41-48,50-54H2,1-10H3,(H2,95,112)(H,97,118)(H,98,113)(H,99,114)(H,100,115)(H,101,120)(H,102,121)(H,103,123)(H,104,119)(H,105,122)(H,116,117). The molecule has 36 heteroatoms. The van der Waals surface area contributed by atoms with Crippen LogP contribution < -0.4 is 53.6 Å². The van der Waals surface area contributed by atoms with Crippen LogP contribution in [0.2, 0.25) is 0 Å². The summed E-state index contributed by atoms with van der Waals surface area (Å²) in [6, 6.07) is 26.3. The largest absolute Gasteiger partial charge is 0.508 e. The summed E-state index contributed by atoms with van der Waals surface area (Å²) in [7, 11) is 6.51. The number of fused-ring (bicyclic) bond motifs is 1. The molecule has 8 rings (SSSR count). The fourth-order valence-electron chi connectivity index (χ4n) is 14.9. The number of nitrogens with two attached hydrogens (primary N) is 1. The molecule has 34 nitrogen and oxygen atoms in total. The first-order valence-electron chi connectivity index (χ1n) is 42.6. The number of benzene rings is 6. The molecule has 0 aliphatic carbocycles. The zero-order chi connectivity index (χ0) is 94.3. The van der Waals surface area contributed by atoms with Crippen molar-refractivity contribution in [2.75, 3.05) is 66.4 Å². The number of aromatic nitrogens is 1. The summed E-state index contributed by atoms with van der Waals surface area (Å²) in [5.74, 6) is -18.1. The number of para-hydroxylation sites is 1. The molecular formula is C93H117FN16O18S. The van der Waals surface area contributed by atoms with Gasteiger partial charge in [0.25, 0.3) is 0 Å². The van der Waals surface area contributed by atoms with E-state index in [1.165, 1.54) is 76.5 Å². The predicted molar refractivity (Wildman–Crippen MR) is 480 cm³/mol. The van der Waals surface area contributed by atoms with Gasteiger partial charge in [-0.3, -0.25) is 76.7 Å². The maximum atomic E-state index is 15.5. The molecule has 0 spiro atoms. The molecule has 1 aliphatic rings. The van der Waals surface area contributed by atoms with E-state index in [9.17, 15) is 57.8 Å². The fourth-order valence-corrected chi connectivity index (χ4v) is 15.8. The Morgan fingerprint density at radius 1 is 0.481 bits per heavy atom. The number of aromatic hydroxyl groups is 1. The number of halogens is 1. The highest BCUT2D eigenvalue weighted by atomic mass is 32.2. The molecule has 11 atom stereocenters. The summed E-state index contributed by atoms with van der Waals surface area (Å²) >= 11 is 0.820. The van der Waals surface area contributed by atoms with Gasteiger partial charge in [0.15, 0.2) is 0 Å². The van der Waals surface area contributed by atoms with E-state index in [1.54, 1.807) is 149 Å². The Balaban J connectivity index is 1.21. The smallest absolute Gasteiger partial charge is 0.305 e. The second-order valence-corrected chi connectivity index (χ2v) is 34.1. The van der Waals surface area contributed by atoms with Gasteiger partial charge < -0.3 is 93.3 Å². The van der Waals surface area contributed by atoms with Crippen molar-refractivity contribution in [1.29, 1.82) is 0 Å². The van der Waals surface area contributed by atoms with Crippen LogP contribution in [0.3, 0.4) is 0 Å². The summed E-state index contributed by atoms with van der Waals surface area (Å²) in [6.45, 7) is 6.12. The van der Waals surface area contributed by atoms with Crippen LogP contribution in [0.25, 0.3) is 10.9 Å². The number of hydrogen-bond donors (Lipinski definition) is 13. The highest BCUT2D eigenvalue weighted by Gasteiger charge is 2.42. The lowest BCUT2D eigenvalue weighted by atomic mass is 9.98. The summed E-state index contributed by atoms with van der Waals surface area (Å²) in [5.41, 5.74) is 8.98. The maximum Gasteiger partial charge on any atom is 0.305 e. The fraction of sp³-hybridized carbons (Fsp3) is 0.419. The van der Waals surface area contributed by atoms with E-state index in [-0.39, 0.29) is 63.0 Å². The van der Waals surface area contributed by atoms with E-state index in [0.29, 0.717) is 57.1 Å². The number of nitrogens with one attached hydrogen (secondary N) is 10.